The van der Waals surface area contributed by atoms with E-state index in [1.807, 2.05) is 20.8 Å². The fraction of sp³-hybridized carbons (Fsp3) is 0.731. The van der Waals surface area contributed by atoms with Crippen LogP contribution in [-0.2, 0) is 19.2 Å². The van der Waals surface area contributed by atoms with Gasteiger partial charge in [0.15, 0.2) is 0 Å². The van der Waals surface area contributed by atoms with E-state index in [2.05, 4.69) is 36.4 Å². The van der Waals surface area contributed by atoms with E-state index in [0.29, 0.717) is 18.7 Å². The summed E-state index contributed by atoms with van der Waals surface area (Å²) in [4.78, 5) is 65.6. The topological polar surface area (TPSA) is 151 Å². The third-order valence-corrected chi connectivity index (χ3v) is 8.15. The molecule has 0 bridgehead atoms. The Hall–Kier alpha value is -2.91. The molecule has 36 heavy (non-hydrogen) atoms. The van der Waals surface area contributed by atoms with E-state index in [1.165, 1.54) is 4.90 Å². The van der Waals surface area contributed by atoms with E-state index in [4.69, 9.17) is 5.73 Å². The maximum absolute atomic E-state index is 13.8. The fourth-order valence-corrected chi connectivity index (χ4v) is 5.71. The number of hydrogen-bond donors (Lipinski definition) is 4. The lowest BCUT2D eigenvalue weighted by Gasteiger charge is -2.38. The summed E-state index contributed by atoms with van der Waals surface area (Å²) in [6, 6.07) is -3.26. The summed E-state index contributed by atoms with van der Waals surface area (Å²) in [5.74, 6) is -2.42. The molecule has 0 aromatic rings. The summed E-state index contributed by atoms with van der Waals surface area (Å²) in [6.45, 7) is 15.3. The SMILES string of the molecule is C=C(C)NC(=O)NC(C(=O)N1C[C@H]2[C@@H](C1C(=O)NC(CC1CCC1)C(=O)C(N)=O)C2(C)C)C(C)(C)C. The van der Waals surface area contributed by atoms with Crippen LogP contribution in [0.5, 0.6) is 0 Å². The van der Waals surface area contributed by atoms with Gasteiger partial charge >= 0.3 is 6.03 Å². The number of urea groups is 1. The molecule has 1 aliphatic heterocycles. The number of hydrogen-bond acceptors (Lipinski definition) is 5. The zero-order chi connectivity index (χ0) is 27.2. The highest BCUT2D eigenvalue weighted by atomic mass is 16.2. The van der Waals surface area contributed by atoms with Gasteiger partial charge in [0.25, 0.3) is 5.91 Å². The normalized spacial score (nSPS) is 26.1. The Bertz CT molecular complexity index is 964. The van der Waals surface area contributed by atoms with Crippen LogP contribution < -0.4 is 21.7 Å². The average Bonchev–Trinajstić information content (AvgIpc) is 3.06. The number of rotatable bonds is 9. The molecule has 3 rings (SSSR count). The molecule has 10 nitrogen and oxygen atoms in total. The summed E-state index contributed by atoms with van der Waals surface area (Å²) >= 11 is 0. The Morgan fingerprint density at radius 3 is 2.19 bits per heavy atom. The van der Waals surface area contributed by atoms with Gasteiger partial charge in [0.2, 0.25) is 17.6 Å². The Balaban J connectivity index is 1.83. The number of piperidine rings is 1. The van der Waals surface area contributed by atoms with Crippen LogP contribution in [-0.4, -0.2) is 59.1 Å². The van der Waals surface area contributed by atoms with Crippen molar-refractivity contribution in [2.24, 2.45) is 34.3 Å². The van der Waals surface area contributed by atoms with Gasteiger partial charge in [-0.15, -0.1) is 0 Å². The van der Waals surface area contributed by atoms with Gasteiger partial charge in [-0.05, 0) is 41.9 Å². The van der Waals surface area contributed by atoms with Gasteiger partial charge in [-0.1, -0.05) is 60.5 Å². The predicted octanol–water partition coefficient (Wildman–Crippen LogP) is 1.45. The second kappa shape index (κ2) is 9.86. The maximum atomic E-state index is 13.8. The first-order chi connectivity index (χ1) is 16.6. The molecule has 200 valence electrons. The summed E-state index contributed by atoms with van der Waals surface area (Å²) < 4.78 is 0. The Kier molecular flexibility index (Phi) is 7.58. The minimum absolute atomic E-state index is 0.0839. The Morgan fingerprint density at radius 2 is 1.72 bits per heavy atom. The van der Waals surface area contributed by atoms with E-state index < -0.39 is 47.2 Å². The van der Waals surface area contributed by atoms with Gasteiger partial charge < -0.3 is 26.6 Å². The van der Waals surface area contributed by atoms with Crippen LogP contribution >= 0.6 is 0 Å². The maximum Gasteiger partial charge on any atom is 0.319 e. The molecule has 2 saturated carbocycles. The molecule has 5 N–H and O–H groups in total. The second-order valence-electron chi connectivity index (χ2n) is 12.4. The van der Waals surface area contributed by atoms with Crippen molar-refractivity contribution >= 4 is 29.5 Å². The summed E-state index contributed by atoms with van der Waals surface area (Å²) in [5, 5.41) is 8.07. The lowest BCUT2D eigenvalue weighted by Crippen LogP contribution is -2.61. The van der Waals surface area contributed by atoms with Crippen molar-refractivity contribution in [3.63, 3.8) is 0 Å². The Labute approximate surface area is 213 Å². The van der Waals surface area contributed by atoms with Crippen molar-refractivity contribution < 1.29 is 24.0 Å². The number of Topliss-reactive ketones (excluding diaryl/α,β-unsaturated/α-hetero) is 1. The monoisotopic (exact) mass is 503 g/mol. The highest BCUT2D eigenvalue weighted by Crippen LogP contribution is 2.65. The zero-order valence-electron chi connectivity index (χ0n) is 22.3. The molecular formula is C26H41N5O5. The number of allylic oxidation sites excluding steroid dienone is 1. The quantitative estimate of drug-likeness (QED) is 0.351. The molecule has 0 spiro atoms. The van der Waals surface area contributed by atoms with Crippen LogP contribution in [0.2, 0.25) is 0 Å². The molecule has 1 saturated heterocycles. The lowest BCUT2D eigenvalue weighted by atomic mass is 9.80. The number of nitrogens with one attached hydrogen (secondary N) is 3. The van der Waals surface area contributed by atoms with Crippen molar-refractivity contribution in [3.05, 3.63) is 12.3 Å². The number of fused-ring (bicyclic) bond motifs is 1. The van der Waals surface area contributed by atoms with Gasteiger partial charge in [0.05, 0.1) is 6.04 Å². The van der Waals surface area contributed by atoms with Crippen LogP contribution in [0.15, 0.2) is 12.3 Å². The average molecular weight is 504 g/mol. The highest BCUT2D eigenvalue weighted by Gasteiger charge is 2.69. The first-order valence-corrected chi connectivity index (χ1v) is 12.7. The van der Waals surface area contributed by atoms with E-state index >= 15 is 0 Å². The van der Waals surface area contributed by atoms with Crippen molar-refractivity contribution in [3.8, 4) is 0 Å². The van der Waals surface area contributed by atoms with Gasteiger partial charge in [-0.3, -0.25) is 19.2 Å². The molecule has 5 atom stereocenters. The molecule has 3 fully saturated rings. The van der Waals surface area contributed by atoms with Crippen molar-refractivity contribution in [1.29, 1.82) is 0 Å². The van der Waals surface area contributed by atoms with Crippen LogP contribution in [0.3, 0.4) is 0 Å². The molecule has 1 heterocycles. The summed E-state index contributed by atoms with van der Waals surface area (Å²) in [5.41, 5.74) is 4.92. The zero-order valence-corrected chi connectivity index (χ0v) is 22.3. The third kappa shape index (κ3) is 5.57. The van der Waals surface area contributed by atoms with Crippen LogP contribution in [0, 0.1) is 28.6 Å². The fourth-order valence-electron chi connectivity index (χ4n) is 5.71. The molecule has 0 aromatic carbocycles. The minimum Gasteiger partial charge on any atom is -0.363 e. The summed E-state index contributed by atoms with van der Waals surface area (Å²) in [6.07, 6.45) is 3.29. The first kappa shape index (κ1) is 27.7. The summed E-state index contributed by atoms with van der Waals surface area (Å²) in [7, 11) is 0. The number of nitrogens with zero attached hydrogens (tertiary/aromatic N) is 1. The van der Waals surface area contributed by atoms with Crippen LogP contribution in [0.1, 0.15) is 67.2 Å². The Morgan fingerprint density at radius 1 is 1.11 bits per heavy atom. The number of likely N-dealkylation sites (tertiary alicyclic amines) is 1. The van der Waals surface area contributed by atoms with Gasteiger partial charge in [0.1, 0.15) is 12.1 Å². The first-order valence-electron chi connectivity index (χ1n) is 12.7. The molecule has 0 aromatic heterocycles. The van der Waals surface area contributed by atoms with Gasteiger partial charge in [-0.25, -0.2) is 4.79 Å². The standard InChI is InChI=1S/C26H41N5O5/c1-13(2)28-24(36)30-20(25(3,4)5)23(35)31-12-15-17(26(15,6)7)18(31)22(34)29-16(19(32)21(27)33)11-14-9-8-10-14/h14-18,20H,1,8-12H2,2-7H3,(H2,27,33)(H,29,34)(H2,28,30,36)/t15-,16?,17-,18?,20?/m0/s1. The predicted molar refractivity (Wildman–Crippen MR) is 134 cm³/mol. The number of carbonyl (C=O) groups excluding carboxylic acids is 5. The molecule has 2 aliphatic carbocycles. The van der Waals surface area contributed by atoms with Crippen LogP contribution in [0.4, 0.5) is 4.79 Å². The molecule has 5 amide bonds. The number of ketones is 1. The molecular weight excluding hydrogens is 462 g/mol. The second-order valence-corrected chi connectivity index (χ2v) is 12.4. The number of amides is 5. The number of carbonyl (C=O) groups is 5. The lowest BCUT2D eigenvalue weighted by molar-refractivity contribution is -0.145. The third-order valence-electron chi connectivity index (χ3n) is 8.15. The minimum atomic E-state index is -1.08. The molecule has 3 unspecified atom stereocenters. The van der Waals surface area contributed by atoms with E-state index in [-0.39, 0.29) is 29.1 Å². The highest BCUT2D eigenvalue weighted by molar-refractivity contribution is 6.37. The molecule has 10 heteroatoms. The number of nitrogens with two attached hydrogens (primary N) is 1. The van der Waals surface area contributed by atoms with Crippen molar-refractivity contribution in [2.75, 3.05) is 6.54 Å². The largest absolute Gasteiger partial charge is 0.363 e. The van der Waals surface area contributed by atoms with E-state index in [1.54, 1.807) is 6.92 Å². The van der Waals surface area contributed by atoms with E-state index in [0.717, 1.165) is 19.3 Å². The van der Waals surface area contributed by atoms with E-state index in [9.17, 15) is 24.0 Å². The van der Waals surface area contributed by atoms with Crippen molar-refractivity contribution in [2.45, 2.75) is 85.4 Å². The van der Waals surface area contributed by atoms with Crippen LogP contribution in [0.25, 0.3) is 0 Å². The number of primary amides is 1. The van der Waals surface area contributed by atoms with Crippen molar-refractivity contribution in [1.82, 2.24) is 20.9 Å². The van der Waals surface area contributed by atoms with Gasteiger partial charge in [0, 0.05) is 12.2 Å². The molecule has 3 aliphatic rings. The molecule has 0 radical (unpaired) electrons. The smallest absolute Gasteiger partial charge is 0.319 e. The van der Waals surface area contributed by atoms with Gasteiger partial charge in [-0.2, -0.15) is 0 Å².